The van der Waals surface area contributed by atoms with E-state index in [0.717, 1.165) is 17.8 Å². The van der Waals surface area contributed by atoms with Gasteiger partial charge in [-0.3, -0.25) is 4.98 Å². The SMILES string of the molecule is CCC(N)c1ccc(N(C)CC(C)O)cn1. The molecule has 0 aliphatic heterocycles. The summed E-state index contributed by atoms with van der Waals surface area (Å²) < 4.78 is 0. The number of pyridine rings is 1. The quantitative estimate of drug-likeness (QED) is 0.790. The maximum Gasteiger partial charge on any atom is 0.0686 e. The van der Waals surface area contributed by atoms with E-state index in [1.165, 1.54) is 0 Å². The van der Waals surface area contributed by atoms with Crippen LogP contribution in [-0.2, 0) is 0 Å². The number of hydrogen-bond donors (Lipinski definition) is 2. The molecule has 4 nitrogen and oxygen atoms in total. The standard InChI is InChI=1S/C12H21N3O/c1-4-11(13)12-6-5-10(7-14-12)15(3)8-9(2)16/h5-7,9,11,16H,4,8,13H2,1-3H3. The summed E-state index contributed by atoms with van der Waals surface area (Å²) in [5.74, 6) is 0. The zero-order valence-electron chi connectivity index (χ0n) is 10.2. The number of aromatic nitrogens is 1. The molecule has 0 bridgehead atoms. The first kappa shape index (κ1) is 12.9. The maximum absolute atomic E-state index is 9.28. The molecule has 0 aliphatic rings. The van der Waals surface area contributed by atoms with Crippen LogP contribution in [0.2, 0.25) is 0 Å². The maximum atomic E-state index is 9.28. The fraction of sp³-hybridized carbons (Fsp3) is 0.583. The summed E-state index contributed by atoms with van der Waals surface area (Å²) in [6.07, 6.45) is 2.34. The van der Waals surface area contributed by atoms with Crippen LogP contribution in [0.4, 0.5) is 5.69 Å². The molecule has 3 N–H and O–H groups in total. The Morgan fingerprint density at radius 3 is 2.62 bits per heavy atom. The zero-order chi connectivity index (χ0) is 12.1. The van der Waals surface area contributed by atoms with Crippen LogP contribution in [0.15, 0.2) is 18.3 Å². The molecule has 1 aromatic heterocycles. The van der Waals surface area contributed by atoms with E-state index in [0.29, 0.717) is 6.54 Å². The molecule has 0 radical (unpaired) electrons. The smallest absolute Gasteiger partial charge is 0.0686 e. The molecular formula is C12H21N3O. The molecule has 2 atom stereocenters. The molecule has 1 aromatic rings. The van der Waals surface area contributed by atoms with E-state index in [4.69, 9.17) is 5.73 Å². The van der Waals surface area contributed by atoms with Gasteiger partial charge < -0.3 is 15.7 Å². The molecule has 0 spiro atoms. The topological polar surface area (TPSA) is 62.4 Å². The summed E-state index contributed by atoms with van der Waals surface area (Å²) in [5.41, 5.74) is 7.79. The number of hydrogen-bond acceptors (Lipinski definition) is 4. The van der Waals surface area contributed by atoms with Crippen LogP contribution in [0.3, 0.4) is 0 Å². The molecule has 0 saturated carbocycles. The molecule has 2 unspecified atom stereocenters. The van der Waals surface area contributed by atoms with E-state index in [9.17, 15) is 5.11 Å². The number of rotatable bonds is 5. The van der Waals surface area contributed by atoms with Crippen molar-refractivity contribution in [2.45, 2.75) is 32.4 Å². The van der Waals surface area contributed by atoms with Crippen LogP contribution >= 0.6 is 0 Å². The normalized spacial score (nSPS) is 14.6. The predicted molar refractivity (Wildman–Crippen MR) is 66.4 cm³/mol. The van der Waals surface area contributed by atoms with Gasteiger partial charge in [-0.2, -0.15) is 0 Å². The lowest BCUT2D eigenvalue weighted by Crippen LogP contribution is -2.27. The molecule has 16 heavy (non-hydrogen) atoms. The lowest BCUT2D eigenvalue weighted by Gasteiger charge is -2.21. The van der Waals surface area contributed by atoms with Crippen LogP contribution in [0, 0.1) is 0 Å². The summed E-state index contributed by atoms with van der Waals surface area (Å²) in [5, 5.41) is 9.28. The lowest BCUT2D eigenvalue weighted by molar-refractivity contribution is 0.201. The van der Waals surface area contributed by atoms with Gasteiger partial charge in [0.1, 0.15) is 0 Å². The van der Waals surface area contributed by atoms with Gasteiger partial charge in [-0.25, -0.2) is 0 Å². The van der Waals surface area contributed by atoms with Gasteiger partial charge >= 0.3 is 0 Å². The Labute approximate surface area is 97.1 Å². The van der Waals surface area contributed by atoms with Gasteiger partial charge in [0.25, 0.3) is 0 Å². The Bertz CT molecular complexity index is 311. The molecule has 90 valence electrons. The second-order valence-corrected chi connectivity index (χ2v) is 4.19. The molecule has 0 amide bonds. The molecule has 0 fully saturated rings. The molecule has 4 heteroatoms. The van der Waals surface area contributed by atoms with Crippen LogP contribution in [0.25, 0.3) is 0 Å². The van der Waals surface area contributed by atoms with Crippen molar-refractivity contribution in [1.82, 2.24) is 4.98 Å². The molecule has 0 saturated heterocycles. The van der Waals surface area contributed by atoms with E-state index in [2.05, 4.69) is 4.98 Å². The second kappa shape index (κ2) is 5.82. The minimum absolute atomic E-state index is 0.0103. The Morgan fingerprint density at radius 2 is 2.19 bits per heavy atom. The van der Waals surface area contributed by atoms with Crippen LogP contribution < -0.4 is 10.6 Å². The van der Waals surface area contributed by atoms with Crippen molar-refractivity contribution >= 4 is 5.69 Å². The second-order valence-electron chi connectivity index (χ2n) is 4.19. The Balaban J connectivity index is 2.70. The molecule has 0 aliphatic carbocycles. The van der Waals surface area contributed by atoms with E-state index < -0.39 is 0 Å². The highest BCUT2D eigenvalue weighted by molar-refractivity contribution is 5.43. The van der Waals surface area contributed by atoms with Gasteiger partial charge in [0.2, 0.25) is 0 Å². The number of nitrogens with zero attached hydrogens (tertiary/aromatic N) is 2. The Morgan fingerprint density at radius 1 is 1.50 bits per heavy atom. The van der Waals surface area contributed by atoms with Gasteiger partial charge in [-0.05, 0) is 25.5 Å². The fourth-order valence-corrected chi connectivity index (χ4v) is 1.55. The fourth-order valence-electron chi connectivity index (χ4n) is 1.55. The number of aliphatic hydroxyl groups is 1. The van der Waals surface area contributed by atoms with Gasteiger partial charge in [-0.15, -0.1) is 0 Å². The molecule has 0 aromatic carbocycles. The van der Waals surface area contributed by atoms with Gasteiger partial charge in [-0.1, -0.05) is 6.92 Å². The highest BCUT2D eigenvalue weighted by Crippen LogP contribution is 2.16. The summed E-state index contributed by atoms with van der Waals surface area (Å²) in [6.45, 7) is 4.41. The Hall–Kier alpha value is -1.13. The average molecular weight is 223 g/mol. The van der Waals surface area contributed by atoms with Crippen molar-refractivity contribution in [3.05, 3.63) is 24.0 Å². The summed E-state index contributed by atoms with van der Waals surface area (Å²) in [6, 6.07) is 3.94. The minimum atomic E-state index is -0.345. The first-order chi connectivity index (χ1) is 7.54. The Kier molecular flexibility index (Phi) is 4.71. The first-order valence-corrected chi connectivity index (χ1v) is 5.65. The van der Waals surface area contributed by atoms with Crippen LogP contribution in [0.1, 0.15) is 32.0 Å². The van der Waals surface area contributed by atoms with Crippen molar-refractivity contribution in [2.24, 2.45) is 5.73 Å². The number of nitrogens with two attached hydrogens (primary N) is 1. The average Bonchev–Trinajstić information content (AvgIpc) is 2.27. The van der Waals surface area contributed by atoms with E-state index >= 15 is 0 Å². The molecule has 1 heterocycles. The van der Waals surface area contributed by atoms with E-state index in [-0.39, 0.29) is 12.1 Å². The van der Waals surface area contributed by atoms with Crippen LogP contribution in [-0.4, -0.2) is 29.8 Å². The lowest BCUT2D eigenvalue weighted by atomic mass is 10.1. The van der Waals surface area contributed by atoms with Gasteiger partial charge in [0, 0.05) is 19.6 Å². The summed E-state index contributed by atoms with van der Waals surface area (Å²) in [4.78, 5) is 6.30. The van der Waals surface area contributed by atoms with Crippen molar-refractivity contribution in [3.8, 4) is 0 Å². The van der Waals surface area contributed by atoms with Crippen molar-refractivity contribution in [3.63, 3.8) is 0 Å². The van der Waals surface area contributed by atoms with Crippen LogP contribution in [0.5, 0.6) is 0 Å². The largest absolute Gasteiger partial charge is 0.392 e. The summed E-state index contributed by atoms with van der Waals surface area (Å²) >= 11 is 0. The first-order valence-electron chi connectivity index (χ1n) is 5.65. The minimum Gasteiger partial charge on any atom is -0.392 e. The number of aliphatic hydroxyl groups excluding tert-OH is 1. The number of anilines is 1. The third-order valence-corrected chi connectivity index (χ3v) is 2.57. The third-order valence-electron chi connectivity index (χ3n) is 2.57. The van der Waals surface area contributed by atoms with Gasteiger partial charge in [0.05, 0.1) is 23.7 Å². The molecule has 1 rings (SSSR count). The summed E-state index contributed by atoms with van der Waals surface area (Å²) in [7, 11) is 1.93. The monoisotopic (exact) mass is 223 g/mol. The zero-order valence-corrected chi connectivity index (χ0v) is 10.2. The van der Waals surface area contributed by atoms with Gasteiger partial charge in [0.15, 0.2) is 0 Å². The third kappa shape index (κ3) is 3.47. The van der Waals surface area contributed by atoms with Crippen molar-refractivity contribution in [1.29, 1.82) is 0 Å². The highest BCUT2D eigenvalue weighted by atomic mass is 16.3. The van der Waals surface area contributed by atoms with Crippen molar-refractivity contribution < 1.29 is 5.11 Å². The van der Waals surface area contributed by atoms with Crippen molar-refractivity contribution in [2.75, 3.05) is 18.5 Å². The van der Waals surface area contributed by atoms with E-state index in [1.807, 2.05) is 31.0 Å². The number of likely N-dealkylation sites (N-methyl/N-ethyl adjacent to an activating group) is 1. The highest BCUT2D eigenvalue weighted by Gasteiger charge is 2.07. The molecular weight excluding hydrogens is 202 g/mol. The predicted octanol–water partition coefficient (Wildman–Crippen LogP) is 1.31. The van der Waals surface area contributed by atoms with E-state index in [1.54, 1.807) is 13.1 Å².